The van der Waals surface area contributed by atoms with Gasteiger partial charge in [0.15, 0.2) is 0 Å². The first-order valence-electron chi connectivity index (χ1n) is 5.06. The highest BCUT2D eigenvalue weighted by Crippen LogP contribution is 2.35. The van der Waals surface area contributed by atoms with Gasteiger partial charge in [0.05, 0.1) is 24.2 Å². The summed E-state index contributed by atoms with van der Waals surface area (Å²) in [6.07, 6.45) is 0.504. The Morgan fingerprint density at radius 3 is 3.13 bits per heavy atom. The molecule has 1 atom stereocenters. The molecule has 2 rings (SSSR count). The van der Waals surface area contributed by atoms with Crippen LogP contribution in [0.4, 0.5) is 5.69 Å². The van der Waals surface area contributed by atoms with E-state index in [2.05, 4.69) is 11.0 Å². The van der Waals surface area contributed by atoms with Crippen molar-refractivity contribution in [1.29, 1.82) is 5.26 Å². The molecule has 1 aliphatic heterocycles. The van der Waals surface area contributed by atoms with E-state index in [1.165, 1.54) is 0 Å². The summed E-state index contributed by atoms with van der Waals surface area (Å²) in [5.74, 6) is 0.953. The maximum atomic E-state index is 8.71. The lowest BCUT2D eigenvalue weighted by Crippen LogP contribution is -2.40. The smallest absolute Gasteiger partial charge is 0.145 e. The average Bonchev–Trinajstić information content (AvgIpc) is 2.23. The van der Waals surface area contributed by atoms with Crippen molar-refractivity contribution < 1.29 is 4.74 Å². The molecule has 0 aliphatic carbocycles. The Morgan fingerprint density at radius 2 is 2.40 bits per heavy atom. The minimum Gasteiger partial charge on any atom is -0.489 e. The van der Waals surface area contributed by atoms with Gasteiger partial charge in [0, 0.05) is 7.05 Å². The SMILES string of the molecule is Cc1cccc2c1OCC(CC#N)N2C. The van der Waals surface area contributed by atoms with Crippen LogP contribution in [0.15, 0.2) is 18.2 Å². The van der Waals surface area contributed by atoms with Gasteiger partial charge < -0.3 is 9.64 Å². The molecule has 0 amide bonds. The summed E-state index contributed by atoms with van der Waals surface area (Å²) >= 11 is 0. The fourth-order valence-electron chi connectivity index (χ4n) is 1.89. The number of anilines is 1. The van der Waals surface area contributed by atoms with Crippen LogP contribution in [0, 0.1) is 18.3 Å². The van der Waals surface area contributed by atoms with E-state index in [4.69, 9.17) is 10.00 Å². The highest BCUT2D eigenvalue weighted by Gasteiger charge is 2.25. The molecule has 1 aromatic carbocycles. The maximum Gasteiger partial charge on any atom is 0.145 e. The molecule has 0 aromatic heterocycles. The van der Waals surface area contributed by atoms with E-state index >= 15 is 0 Å². The number of rotatable bonds is 1. The summed E-state index contributed by atoms with van der Waals surface area (Å²) in [6.45, 7) is 2.64. The summed E-state index contributed by atoms with van der Waals surface area (Å²) in [6, 6.07) is 8.45. The first-order chi connectivity index (χ1) is 7.24. The standard InChI is InChI=1S/C12H14N2O/c1-9-4-3-5-11-12(9)15-8-10(6-7-13)14(11)2/h3-5,10H,6,8H2,1-2H3. The van der Waals surface area contributed by atoms with E-state index in [9.17, 15) is 0 Å². The lowest BCUT2D eigenvalue weighted by Gasteiger charge is -2.35. The van der Waals surface area contributed by atoms with Crippen molar-refractivity contribution in [2.45, 2.75) is 19.4 Å². The van der Waals surface area contributed by atoms with Crippen molar-refractivity contribution in [1.82, 2.24) is 0 Å². The Balaban J connectivity index is 2.35. The van der Waals surface area contributed by atoms with Crippen molar-refractivity contribution in [3.8, 4) is 11.8 Å². The number of para-hydroxylation sites is 1. The zero-order valence-electron chi connectivity index (χ0n) is 9.03. The van der Waals surface area contributed by atoms with Crippen molar-refractivity contribution in [2.75, 3.05) is 18.6 Å². The number of ether oxygens (including phenoxy) is 1. The molecule has 0 radical (unpaired) electrons. The summed E-state index contributed by atoms with van der Waals surface area (Å²) in [7, 11) is 2.02. The van der Waals surface area contributed by atoms with Crippen LogP contribution < -0.4 is 9.64 Å². The summed E-state index contributed by atoms with van der Waals surface area (Å²) in [5.41, 5.74) is 2.23. The average molecular weight is 202 g/mol. The monoisotopic (exact) mass is 202 g/mol. The summed E-state index contributed by atoms with van der Waals surface area (Å²) in [4.78, 5) is 2.13. The molecule has 15 heavy (non-hydrogen) atoms. The van der Waals surface area contributed by atoms with Crippen LogP contribution in [0.3, 0.4) is 0 Å². The van der Waals surface area contributed by atoms with E-state index in [-0.39, 0.29) is 6.04 Å². The summed E-state index contributed by atoms with van der Waals surface area (Å²) < 4.78 is 5.70. The van der Waals surface area contributed by atoms with Crippen molar-refractivity contribution in [2.24, 2.45) is 0 Å². The van der Waals surface area contributed by atoms with E-state index in [0.29, 0.717) is 13.0 Å². The molecule has 0 fully saturated rings. The highest BCUT2D eigenvalue weighted by molar-refractivity contribution is 5.63. The molecule has 1 unspecified atom stereocenters. The van der Waals surface area contributed by atoms with Gasteiger partial charge in [-0.25, -0.2) is 0 Å². The molecule has 78 valence electrons. The van der Waals surface area contributed by atoms with Gasteiger partial charge in [-0.3, -0.25) is 0 Å². The molecule has 0 spiro atoms. The second-order valence-electron chi connectivity index (χ2n) is 3.86. The summed E-state index contributed by atoms with van der Waals surface area (Å²) in [5, 5.41) is 8.71. The number of likely N-dealkylation sites (N-methyl/N-ethyl adjacent to an activating group) is 1. The molecule has 1 aliphatic rings. The number of hydrogen-bond acceptors (Lipinski definition) is 3. The second-order valence-corrected chi connectivity index (χ2v) is 3.86. The molecule has 0 N–H and O–H groups in total. The third-order valence-electron chi connectivity index (χ3n) is 2.87. The molecule has 1 heterocycles. The van der Waals surface area contributed by atoms with Crippen LogP contribution in [0.25, 0.3) is 0 Å². The maximum absolute atomic E-state index is 8.71. The third-order valence-corrected chi connectivity index (χ3v) is 2.87. The molecule has 1 aromatic rings. The largest absolute Gasteiger partial charge is 0.489 e. The molecule has 0 saturated carbocycles. The molecular weight excluding hydrogens is 188 g/mol. The van der Waals surface area contributed by atoms with Crippen LogP contribution in [0.5, 0.6) is 5.75 Å². The lowest BCUT2D eigenvalue weighted by atomic mass is 10.1. The molecular formula is C12H14N2O. The minimum absolute atomic E-state index is 0.171. The lowest BCUT2D eigenvalue weighted by molar-refractivity contribution is 0.266. The van der Waals surface area contributed by atoms with Crippen LogP contribution in [-0.4, -0.2) is 19.7 Å². The van der Waals surface area contributed by atoms with Gasteiger partial charge in [0.25, 0.3) is 0 Å². The fraction of sp³-hybridized carbons (Fsp3) is 0.417. The van der Waals surface area contributed by atoms with Crippen LogP contribution in [-0.2, 0) is 0 Å². The molecule has 0 bridgehead atoms. The predicted molar refractivity (Wildman–Crippen MR) is 59.1 cm³/mol. The molecule has 3 heteroatoms. The van der Waals surface area contributed by atoms with Crippen molar-refractivity contribution >= 4 is 5.69 Å². The van der Waals surface area contributed by atoms with Gasteiger partial charge >= 0.3 is 0 Å². The quantitative estimate of drug-likeness (QED) is 0.699. The fourth-order valence-corrected chi connectivity index (χ4v) is 1.89. The molecule has 3 nitrogen and oxygen atoms in total. The first kappa shape index (κ1) is 9.85. The topological polar surface area (TPSA) is 36.3 Å². The highest BCUT2D eigenvalue weighted by atomic mass is 16.5. The Morgan fingerprint density at radius 1 is 1.60 bits per heavy atom. The number of aryl methyl sites for hydroxylation is 1. The third kappa shape index (κ3) is 1.63. The van der Waals surface area contributed by atoms with Gasteiger partial charge in [-0.15, -0.1) is 0 Å². The zero-order valence-corrected chi connectivity index (χ0v) is 9.03. The van der Waals surface area contributed by atoms with E-state index in [1.54, 1.807) is 0 Å². The van der Waals surface area contributed by atoms with Gasteiger partial charge in [-0.2, -0.15) is 5.26 Å². The number of fused-ring (bicyclic) bond motifs is 1. The zero-order chi connectivity index (χ0) is 10.8. The van der Waals surface area contributed by atoms with Crippen LogP contribution in [0.1, 0.15) is 12.0 Å². The normalized spacial score (nSPS) is 19.0. The van der Waals surface area contributed by atoms with Crippen LogP contribution in [0.2, 0.25) is 0 Å². The predicted octanol–water partition coefficient (Wildman–Crippen LogP) is 2.11. The Bertz CT molecular complexity index is 409. The Kier molecular flexibility index (Phi) is 2.51. The van der Waals surface area contributed by atoms with Crippen molar-refractivity contribution in [3.63, 3.8) is 0 Å². The molecule has 0 saturated heterocycles. The Labute approximate surface area is 89.9 Å². The van der Waals surface area contributed by atoms with E-state index in [1.807, 2.05) is 32.2 Å². The Hall–Kier alpha value is -1.69. The minimum atomic E-state index is 0.171. The van der Waals surface area contributed by atoms with Gasteiger partial charge in [-0.05, 0) is 18.6 Å². The van der Waals surface area contributed by atoms with Gasteiger partial charge in [-0.1, -0.05) is 12.1 Å². The number of nitrogens with zero attached hydrogens (tertiary/aromatic N) is 2. The number of nitriles is 1. The first-order valence-corrected chi connectivity index (χ1v) is 5.06. The van der Waals surface area contributed by atoms with E-state index < -0.39 is 0 Å². The van der Waals surface area contributed by atoms with Crippen molar-refractivity contribution in [3.05, 3.63) is 23.8 Å². The van der Waals surface area contributed by atoms with Gasteiger partial charge in [0.1, 0.15) is 12.4 Å². The van der Waals surface area contributed by atoms with Gasteiger partial charge in [0.2, 0.25) is 0 Å². The van der Waals surface area contributed by atoms with Crippen LogP contribution >= 0.6 is 0 Å². The number of benzene rings is 1. The second kappa shape index (κ2) is 3.82. The number of hydrogen-bond donors (Lipinski definition) is 0. The van der Waals surface area contributed by atoms with E-state index in [0.717, 1.165) is 17.0 Å².